The highest BCUT2D eigenvalue weighted by Gasteiger charge is 2.23. The van der Waals surface area contributed by atoms with Gasteiger partial charge in [0.15, 0.2) is 0 Å². The number of amides is 2. The predicted molar refractivity (Wildman–Crippen MR) is 110 cm³/mol. The van der Waals surface area contributed by atoms with Gasteiger partial charge in [-0.2, -0.15) is 0 Å². The summed E-state index contributed by atoms with van der Waals surface area (Å²) in [6.07, 6.45) is -2.32. The number of ether oxygens (including phenoxy) is 1. The number of nitrogens with one attached hydrogen (secondary N) is 2. The minimum Gasteiger partial charge on any atom is -0.480 e. The topological polar surface area (TPSA) is 125 Å². The number of hydrogen-bond donors (Lipinski definition) is 4. The van der Waals surface area contributed by atoms with Crippen molar-refractivity contribution in [1.29, 1.82) is 0 Å². The van der Waals surface area contributed by atoms with E-state index in [2.05, 4.69) is 10.6 Å². The second-order valence-electron chi connectivity index (χ2n) is 6.55. The van der Waals surface area contributed by atoms with E-state index in [9.17, 15) is 24.6 Å². The van der Waals surface area contributed by atoms with Crippen molar-refractivity contribution in [3.8, 4) is 0 Å². The number of carbonyl (C=O) groups is 3. The van der Waals surface area contributed by atoms with Gasteiger partial charge < -0.3 is 25.6 Å². The largest absolute Gasteiger partial charge is 0.480 e. The number of carboxylic acids is 1. The average molecular weight is 435 g/mol. The summed E-state index contributed by atoms with van der Waals surface area (Å²) in [5.74, 6) is -1.89. The fraction of sp³-hybridized carbons (Fsp3) is 0.286. The average Bonchev–Trinajstić information content (AvgIpc) is 2.72. The Morgan fingerprint density at radius 3 is 2.37 bits per heavy atom. The highest BCUT2D eigenvalue weighted by Crippen LogP contribution is 2.17. The van der Waals surface area contributed by atoms with Gasteiger partial charge in [0.05, 0.1) is 12.5 Å². The van der Waals surface area contributed by atoms with Gasteiger partial charge in [0, 0.05) is 18.0 Å². The van der Waals surface area contributed by atoms with E-state index in [1.807, 2.05) is 18.2 Å². The lowest BCUT2D eigenvalue weighted by atomic mass is 10.1. The summed E-state index contributed by atoms with van der Waals surface area (Å²) in [7, 11) is 0. The molecule has 160 valence electrons. The van der Waals surface area contributed by atoms with Gasteiger partial charge in [-0.15, -0.1) is 0 Å². The Hall–Kier alpha value is -3.10. The summed E-state index contributed by atoms with van der Waals surface area (Å²) < 4.78 is 5.01. The van der Waals surface area contributed by atoms with Crippen LogP contribution in [0.25, 0.3) is 0 Å². The molecule has 4 N–H and O–H groups in total. The molecule has 0 unspecified atom stereocenters. The third-order valence-electron chi connectivity index (χ3n) is 4.13. The molecule has 2 rings (SSSR count). The zero-order valence-electron chi connectivity index (χ0n) is 16.1. The maximum atomic E-state index is 12.1. The molecule has 2 atom stereocenters. The van der Waals surface area contributed by atoms with Gasteiger partial charge in [-0.1, -0.05) is 60.1 Å². The first-order valence-corrected chi connectivity index (χ1v) is 9.61. The quantitative estimate of drug-likeness (QED) is 0.454. The lowest BCUT2D eigenvalue weighted by Gasteiger charge is -2.17. The van der Waals surface area contributed by atoms with Crippen LogP contribution in [0.4, 0.5) is 4.79 Å². The third kappa shape index (κ3) is 8.10. The van der Waals surface area contributed by atoms with Crippen LogP contribution in [0.5, 0.6) is 0 Å². The van der Waals surface area contributed by atoms with Crippen LogP contribution in [0.3, 0.4) is 0 Å². The molecule has 8 nitrogen and oxygen atoms in total. The van der Waals surface area contributed by atoms with Crippen molar-refractivity contribution in [2.45, 2.75) is 31.6 Å². The van der Waals surface area contributed by atoms with Crippen LogP contribution >= 0.6 is 11.6 Å². The molecule has 2 aromatic rings. The second kappa shape index (κ2) is 11.8. The molecule has 9 heteroatoms. The molecule has 2 amide bonds. The summed E-state index contributed by atoms with van der Waals surface area (Å²) in [5, 5.41) is 24.4. The van der Waals surface area contributed by atoms with E-state index in [4.69, 9.17) is 16.3 Å². The van der Waals surface area contributed by atoms with E-state index in [1.54, 1.807) is 36.4 Å². The van der Waals surface area contributed by atoms with Crippen molar-refractivity contribution in [3.05, 3.63) is 70.7 Å². The van der Waals surface area contributed by atoms with Crippen molar-refractivity contribution in [2.75, 3.05) is 6.54 Å². The van der Waals surface area contributed by atoms with Gasteiger partial charge in [0.25, 0.3) is 0 Å². The van der Waals surface area contributed by atoms with Gasteiger partial charge >= 0.3 is 12.1 Å². The van der Waals surface area contributed by atoms with Crippen LogP contribution in [-0.4, -0.2) is 46.9 Å². The van der Waals surface area contributed by atoms with Crippen molar-refractivity contribution >= 4 is 29.6 Å². The van der Waals surface area contributed by atoms with Gasteiger partial charge in [-0.3, -0.25) is 4.79 Å². The first-order valence-electron chi connectivity index (χ1n) is 9.23. The number of alkyl carbamates (subject to hydrolysis) is 1. The van der Waals surface area contributed by atoms with Gasteiger partial charge in [-0.05, 0) is 17.2 Å². The van der Waals surface area contributed by atoms with Gasteiger partial charge in [-0.25, -0.2) is 9.59 Å². The smallest absolute Gasteiger partial charge is 0.407 e. The molecule has 0 saturated carbocycles. The number of aliphatic carboxylic acids is 1. The van der Waals surface area contributed by atoms with E-state index in [0.29, 0.717) is 10.6 Å². The molecule has 0 aliphatic rings. The molecular weight excluding hydrogens is 412 g/mol. The van der Waals surface area contributed by atoms with Crippen LogP contribution in [0.15, 0.2) is 54.6 Å². The van der Waals surface area contributed by atoms with Crippen LogP contribution in [0.2, 0.25) is 5.02 Å². The molecule has 0 fully saturated rings. The van der Waals surface area contributed by atoms with E-state index >= 15 is 0 Å². The zero-order valence-corrected chi connectivity index (χ0v) is 16.8. The summed E-state index contributed by atoms with van der Waals surface area (Å²) >= 11 is 6.03. The number of carbonyl (C=O) groups excluding carboxylic acids is 2. The van der Waals surface area contributed by atoms with E-state index < -0.39 is 30.1 Å². The Labute approximate surface area is 178 Å². The van der Waals surface area contributed by atoms with Crippen molar-refractivity contribution in [1.82, 2.24) is 10.6 Å². The highest BCUT2D eigenvalue weighted by atomic mass is 35.5. The Kier molecular flexibility index (Phi) is 9.11. The Bertz CT molecular complexity index is 862. The van der Waals surface area contributed by atoms with Crippen molar-refractivity contribution in [3.63, 3.8) is 0 Å². The first kappa shape index (κ1) is 23.2. The molecule has 0 spiro atoms. The van der Waals surface area contributed by atoms with Crippen molar-refractivity contribution < 1.29 is 29.3 Å². The van der Waals surface area contributed by atoms with Crippen LogP contribution in [0, 0.1) is 0 Å². The highest BCUT2D eigenvalue weighted by molar-refractivity contribution is 6.31. The number of halogens is 1. The summed E-state index contributed by atoms with van der Waals surface area (Å²) in [4.78, 5) is 35.2. The van der Waals surface area contributed by atoms with Gasteiger partial charge in [0.2, 0.25) is 5.91 Å². The number of carboxylic acid groups (broad SMARTS) is 1. The van der Waals surface area contributed by atoms with E-state index in [0.717, 1.165) is 5.56 Å². The zero-order chi connectivity index (χ0) is 21.9. The summed E-state index contributed by atoms with van der Waals surface area (Å²) in [6, 6.07) is 14.6. The molecule has 0 saturated heterocycles. The first-order chi connectivity index (χ1) is 14.3. The van der Waals surface area contributed by atoms with E-state index in [1.165, 1.54) is 0 Å². The predicted octanol–water partition coefficient (Wildman–Crippen LogP) is 2.13. The molecule has 0 heterocycles. The van der Waals surface area contributed by atoms with Crippen LogP contribution < -0.4 is 10.6 Å². The molecule has 0 aliphatic carbocycles. The molecule has 30 heavy (non-hydrogen) atoms. The third-order valence-corrected chi connectivity index (χ3v) is 4.50. The molecular formula is C21H23ClN2O6. The molecule has 0 radical (unpaired) electrons. The minimum atomic E-state index is -1.22. The normalized spacial score (nSPS) is 12.5. The maximum absolute atomic E-state index is 12.1. The second-order valence-corrected chi connectivity index (χ2v) is 6.96. The monoisotopic (exact) mass is 434 g/mol. The lowest BCUT2D eigenvalue weighted by molar-refractivity contribution is -0.142. The number of aliphatic hydroxyl groups excluding tert-OH is 1. The summed E-state index contributed by atoms with van der Waals surface area (Å²) in [5.41, 5.74) is 1.39. The Morgan fingerprint density at radius 1 is 1.03 bits per heavy atom. The Balaban J connectivity index is 1.74. The molecule has 0 bridgehead atoms. The fourth-order valence-corrected chi connectivity index (χ4v) is 2.81. The Morgan fingerprint density at radius 2 is 1.70 bits per heavy atom. The molecule has 0 aliphatic heterocycles. The standard InChI is InChI=1S/C21H23ClN2O6/c22-17-9-5-4-8-15(17)10-18(20(27)28)24-19(26)11-16(25)12-23-21(29)30-13-14-6-2-1-3-7-14/h1-9,16,18,25H,10-13H2,(H,23,29)(H,24,26)(H,27,28)/t16-,18-/m0/s1. The minimum absolute atomic E-state index is 0.000897. The number of benzene rings is 2. The molecule has 2 aromatic carbocycles. The number of aliphatic hydroxyl groups is 1. The fourth-order valence-electron chi connectivity index (χ4n) is 2.60. The van der Waals surface area contributed by atoms with Crippen molar-refractivity contribution in [2.24, 2.45) is 0 Å². The lowest BCUT2D eigenvalue weighted by Crippen LogP contribution is -2.44. The SMILES string of the molecule is O=C(C[C@H](O)CNC(=O)OCc1ccccc1)N[C@@H](Cc1ccccc1Cl)C(=O)O. The van der Waals surface area contributed by atoms with Crippen LogP contribution in [0.1, 0.15) is 17.5 Å². The number of hydrogen-bond acceptors (Lipinski definition) is 5. The van der Waals surface area contributed by atoms with E-state index in [-0.39, 0.29) is 26.0 Å². The number of rotatable bonds is 10. The maximum Gasteiger partial charge on any atom is 0.407 e. The van der Waals surface area contributed by atoms with Gasteiger partial charge in [0.1, 0.15) is 12.6 Å². The molecule has 0 aromatic heterocycles. The summed E-state index contributed by atoms with van der Waals surface area (Å²) in [6.45, 7) is -0.144. The van der Waals surface area contributed by atoms with Crippen LogP contribution in [-0.2, 0) is 27.4 Å².